The predicted octanol–water partition coefficient (Wildman–Crippen LogP) is 3.96. The Labute approximate surface area is 140 Å². The minimum absolute atomic E-state index is 0.0716. The van der Waals surface area contributed by atoms with E-state index in [0.29, 0.717) is 6.07 Å². The highest BCUT2D eigenvalue weighted by Crippen LogP contribution is 2.41. The van der Waals surface area contributed by atoms with Crippen molar-refractivity contribution in [3.05, 3.63) is 29.3 Å². The van der Waals surface area contributed by atoms with Gasteiger partial charge in [0, 0.05) is 12.2 Å². The van der Waals surface area contributed by atoms with Gasteiger partial charge < -0.3 is 10.0 Å². The molecule has 3 nitrogen and oxygen atoms in total. The first-order chi connectivity index (χ1) is 11.4. The first-order valence-electron chi connectivity index (χ1n) is 7.50. The molecule has 1 N–H and O–H groups in total. The first kappa shape index (κ1) is 19.4. The second kappa shape index (κ2) is 6.41. The third-order valence-electron chi connectivity index (χ3n) is 4.70. The number of nitrogens with zero attached hydrogens (tertiary/aromatic N) is 2. The van der Waals surface area contributed by atoms with Gasteiger partial charge >= 0.3 is 12.4 Å². The van der Waals surface area contributed by atoms with Crippen LogP contribution in [-0.2, 0) is 6.18 Å². The van der Waals surface area contributed by atoms with E-state index in [1.54, 1.807) is 6.92 Å². The van der Waals surface area contributed by atoms with E-state index in [9.17, 15) is 31.4 Å². The van der Waals surface area contributed by atoms with Gasteiger partial charge in [-0.1, -0.05) is 13.8 Å². The zero-order valence-corrected chi connectivity index (χ0v) is 13.4. The lowest BCUT2D eigenvalue weighted by molar-refractivity contribution is -0.212. The third-order valence-corrected chi connectivity index (χ3v) is 4.70. The van der Waals surface area contributed by atoms with E-state index in [4.69, 9.17) is 5.26 Å². The molecule has 1 heterocycles. The summed E-state index contributed by atoms with van der Waals surface area (Å²) in [5, 5.41) is 18.5. The molecule has 9 heteroatoms. The second-order valence-corrected chi connectivity index (χ2v) is 6.31. The highest BCUT2D eigenvalue weighted by Gasteiger charge is 2.52. The summed E-state index contributed by atoms with van der Waals surface area (Å²) in [6.07, 6.45) is -12.4. The molecule has 1 aromatic rings. The van der Waals surface area contributed by atoms with Gasteiger partial charge in [0.25, 0.3) is 0 Å². The molecule has 0 bridgehead atoms. The maximum absolute atomic E-state index is 13.1. The zero-order chi connectivity index (χ0) is 19.2. The van der Waals surface area contributed by atoms with E-state index in [1.165, 1.54) is 19.1 Å². The van der Waals surface area contributed by atoms with Gasteiger partial charge in [-0.3, -0.25) is 0 Å². The molecule has 0 saturated carbocycles. The standard InChI is InChI=1S/C16H16F6N2O/c1-8-7-24(13(9(8)2)14(25)16(20,21)22)11-4-3-10(6-23)12(5-11)15(17,18)19/h3-5,8-9,13-14,25H,7H2,1-2H3/t8-,9-,13+,14+/m0/s1. The molecule has 0 amide bonds. The van der Waals surface area contributed by atoms with Crippen LogP contribution in [0.25, 0.3) is 0 Å². The molecule has 0 aliphatic carbocycles. The predicted molar refractivity (Wildman–Crippen MR) is 77.7 cm³/mol. The summed E-state index contributed by atoms with van der Waals surface area (Å²) >= 11 is 0. The van der Waals surface area contributed by atoms with Gasteiger partial charge in [0.1, 0.15) is 0 Å². The Morgan fingerprint density at radius 2 is 1.80 bits per heavy atom. The fourth-order valence-electron chi connectivity index (χ4n) is 3.19. The molecule has 1 aromatic carbocycles. The van der Waals surface area contributed by atoms with E-state index >= 15 is 0 Å². The fraction of sp³-hybridized carbons (Fsp3) is 0.562. The van der Waals surface area contributed by atoms with Crippen molar-refractivity contribution in [2.75, 3.05) is 11.4 Å². The largest absolute Gasteiger partial charge is 0.417 e. The Balaban J connectivity index is 2.50. The molecule has 0 spiro atoms. The Morgan fingerprint density at radius 3 is 2.28 bits per heavy atom. The number of hydrogen-bond donors (Lipinski definition) is 1. The van der Waals surface area contributed by atoms with Crippen LogP contribution in [0, 0.1) is 23.2 Å². The molecule has 1 saturated heterocycles. The Hall–Kier alpha value is -1.95. The van der Waals surface area contributed by atoms with Crippen LogP contribution >= 0.6 is 0 Å². The molecule has 1 aliphatic rings. The molecular weight excluding hydrogens is 350 g/mol. The number of alkyl halides is 6. The number of aliphatic hydroxyl groups excluding tert-OH is 1. The van der Waals surface area contributed by atoms with E-state index < -0.39 is 41.5 Å². The van der Waals surface area contributed by atoms with E-state index in [-0.39, 0.29) is 18.2 Å². The number of halogens is 6. The minimum atomic E-state index is -4.89. The number of aliphatic hydroxyl groups is 1. The van der Waals surface area contributed by atoms with Gasteiger partial charge in [-0.15, -0.1) is 0 Å². The topological polar surface area (TPSA) is 47.3 Å². The van der Waals surface area contributed by atoms with Crippen molar-refractivity contribution < 1.29 is 31.4 Å². The van der Waals surface area contributed by atoms with E-state index in [1.807, 2.05) is 0 Å². The molecule has 0 aromatic heterocycles. The fourth-order valence-corrected chi connectivity index (χ4v) is 3.19. The Morgan fingerprint density at radius 1 is 1.20 bits per heavy atom. The minimum Gasteiger partial charge on any atom is -0.382 e. The number of hydrogen-bond acceptors (Lipinski definition) is 3. The molecule has 4 atom stereocenters. The molecule has 0 unspecified atom stereocenters. The van der Waals surface area contributed by atoms with Crippen molar-refractivity contribution >= 4 is 5.69 Å². The first-order valence-corrected chi connectivity index (χ1v) is 7.50. The summed E-state index contributed by atoms with van der Waals surface area (Å²) in [5.74, 6) is -0.839. The Bertz CT molecular complexity index is 679. The van der Waals surface area contributed by atoms with Gasteiger partial charge in [-0.25, -0.2) is 0 Å². The average Bonchev–Trinajstić information content (AvgIpc) is 2.79. The lowest BCUT2D eigenvalue weighted by atomic mass is 9.90. The molecule has 1 aliphatic heterocycles. The maximum Gasteiger partial charge on any atom is 0.417 e. The second-order valence-electron chi connectivity index (χ2n) is 6.31. The zero-order valence-electron chi connectivity index (χ0n) is 13.4. The van der Waals surface area contributed by atoms with Crippen LogP contribution < -0.4 is 4.90 Å². The summed E-state index contributed by atoms with van der Waals surface area (Å²) in [6, 6.07) is 2.80. The van der Waals surface area contributed by atoms with Crippen molar-refractivity contribution in [1.29, 1.82) is 5.26 Å². The number of anilines is 1. The molecule has 2 rings (SSSR count). The number of rotatable bonds is 2. The monoisotopic (exact) mass is 366 g/mol. The summed E-state index contributed by atoms with van der Waals surface area (Å²) in [5.41, 5.74) is -1.92. The van der Waals surface area contributed by atoms with Crippen molar-refractivity contribution in [3.63, 3.8) is 0 Å². The summed E-state index contributed by atoms with van der Waals surface area (Å²) in [6.45, 7) is 3.27. The molecule has 138 valence electrons. The van der Waals surface area contributed by atoms with Gasteiger partial charge in [-0.05, 0) is 30.0 Å². The van der Waals surface area contributed by atoms with Gasteiger partial charge in [0.05, 0.1) is 23.2 Å². The van der Waals surface area contributed by atoms with Crippen LogP contribution in [0.2, 0.25) is 0 Å². The van der Waals surface area contributed by atoms with Crippen LogP contribution in [0.5, 0.6) is 0 Å². The van der Waals surface area contributed by atoms with Gasteiger partial charge in [-0.2, -0.15) is 31.6 Å². The van der Waals surface area contributed by atoms with Crippen LogP contribution in [0.4, 0.5) is 32.0 Å². The number of benzene rings is 1. The summed E-state index contributed by atoms with van der Waals surface area (Å²) < 4.78 is 78.2. The summed E-state index contributed by atoms with van der Waals surface area (Å²) in [7, 11) is 0. The van der Waals surface area contributed by atoms with Crippen molar-refractivity contribution in [1.82, 2.24) is 0 Å². The normalized spacial score (nSPS) is 25.8. The van der Waals surface area contributed by atoms with Crippen LogP contribution in [-0.4, -0.2) is 30.0 Å². The highest BCUT2D eigenvalue weighted by atomic mass is 19.4. The van der Waals surface area contributed by atoms with Crippen LogP contribution in [0.1, 0.15) is 25.0 Å². The van der Waals surface area contributed by atoms with Gasteiger partial charge in [0.2, 0.25) is 0 Å². The molecule has 1 fully saturated rings. The van der Waals surface area contributed by atoms with Crippen LogP contribution in [0.15, 0.2) is 18.2 Å². The molecular formula is C16H16F6N2O. The van der Waals surface area contributed by atoms with Gasteiger partial charge in [0.15, 0.2) is 6.10 Å². The van der Waals surface area contributed by atoms with Crippen molar-refractivity contribution in [2.24, 2.45) is 11.8 Å². The number of nitriles is 1. The van der Waals surface area contributed by atoms with Crippen LogP contribution in [0.3, 0.4) is 0 Å². The summed E-state index contributed by atoms with van der Waals surface area (Å²) in [4.78, 5) is 1.14. The smallest absolute Gasteiger partial charge is 0.382 e. The quantitative estimate of drug-likeness (QED) is 0.806. The SMILES string of the molecule is C[C@@H]1[C@H]([C@@H](O)C(F)(F)F)N(c2ccc(C#N)c(C(F)(F)F)c2)C[C@@H]1C. The lowest BCUT2D eigenvalue weighted by Crippen LogP contribution is -2.49. The molecule has 0 radical (unpaired) electrons. The Kier molecular flexibility index (Phi) is 4.97. The molecule has 25 heavy (non-hydrogen) atoms. The third kappa shape index (κ3) is 3.68. The highest BCUT2D eigenvalue weighted by molar-refractivity contribution is 5.56. The maximum atomic E-state index is 13.1. The van der Waals surface area contributed by atoms with E-state index in [0.717, 1.165) is 11.0 Å². The lowest BCUT2D eigenvalue weighted by Gasteiger charge is -2.34. The average molecular weight is 366 g/mol. The van der Waals surface area contributed by atoms with Crippen molar-refractivity contribution in [3.8, 4) is 6.07 Å². The van der Waals surface area contributed by atoms with Crippen molar-refractivity contribution in [2.45, 2.75) is 38.3 Å². The van der Waals surface area contributed by atoms with E-state index in [2.05, 4.69) is 0 Å².